The molecule has 2 atom stereocenters. The molecule has 0 unspecified atom stereocenters. The summed E-state index contributed by atoms with van der Waals surface area (Å²) in [5.41, 5.74) is 2.53. The normalized spacial score (nSPS) is 23.2. The number of aromatic amines is 1. The van der Waals surface area contributed by atoms with E-state index in [2.05, 4.69) is 10.2 Å². The van der Waals surface area contributed by atoms with Crippen LogP contribution < -0.4 is 4.90 Å². The first kappa shape index (κ1) is 14.9. The highest BCUT2D eigenvalue weighted by Gasteiger charge is 2.51. The van der Waals surface area contributed by atoms with Gasteiger partial charge in [0, 0.05) is 31.3 Å². The van der Waals surface area contributed by atoms with Gasteiger partial charge in [-0.2, -0.15) is 5.10 Å². The number of urea groups is 1. The van der Waals surface area contributed by atoms with Crippen molar-refractivity contribution >= 4 is 17.6 Å². The number of aromatic nitrogens is 2. The SMILES string of the molecule is CCO[C@@H]1C[C@H]2C(=O)N(c3ccc(-c4cn[nH]c4)cc3)C(=O)N2C1. The number of carbonyl (C=O) groups excluding carboxylic acids is 2. The maximum atomic E-state index is 12.7. The van der Waals surface area contributed by atoms with Crippen LogP contribution in [0.4, 0.5) is 10.5 Å². The Hall–Kier alpha value is -2.67. The van der Waals surface area contributed by atoms with Crippen LogP contribution in [0.1, 0.15) is 13.3 Å². The van der Waals surface area contributed by atoms with Crippen molar-refractivity contribution in [2.75, 3.05) is 18.1 Å². The van der Waals surface area contributed by atoms with Crippen LogP contribution in [0.25, 0.3) is 11.1 Å². The number of benzene rings is 1. The maximum absolute atomic E-state index is 12.7. The summed E-state index contributed by atoms with van der Waals surface area (Å²) < 4.78 is 5.56. The fourth-order valence-electron chi connectivity index (χ4n) is 3.42. The van der Waals surface area contributed by atoms with Crippen molar-refractivity contribution in [3.63, 3.8) is 0 Å². The molecule has 2 fully saturated rings. The van der Waals surface area contributed by atoms with Crippen molar-refractivity contribution in [3.8, 4) is 11.1 Å². The van der Waals surface area contributed by atoms with Crippen molar-refractivity contribution in [1.29, 1.82) is 0 Å². The number of hydrogen-bond donors (Lipinski definition) is 1. The summed E-state index contributed by atoms with van der Waals surface area (Å²) >= 11 is 0. The average Bonchev–Trinajstić information content (AvgIpc) is 3.29. The summed E-state index contributed by atoms with van der Waals surface area (Å²) in [6.07, 6.45) is 4.05. The number of nitrogens with zero attached hydrogens (tertiary/aromatic N) is 3. The monoisotopic (exact) mass is 326 g/mol. The molecule has 1 aromatic carbocycles. The molecule has 2 aliphatic heterocycles. The van der Waals surface area contributed by atoms with E-state index in [4.69, 9.17) is 4.74 Å². The quantitative estimate of drug-likeness (QED) is 0.872. The summed E-state index contributed by atoms with van der Waals surface area (Å²) in [5, 5.41) is 6.69. The number of amides is 3. The Kier molecular flexibility index (Phi) is 3.57. The number of anilines is 1. The predicted molar refractivity (Wildman–Crippen MR) is 87.4 cm³/mol. The zero-order valence-electron chi connectivity index (χ0n) is 13.3. The van der Waals surface area contributed by atoms with Crippen molar-refractivity contribution in [2.24, 2.45) is 0 Å². The van der Waals surface area contributed by atoms with Gasteiger partial charge in [-0.3, -0.25) is 9.89 Å². The van der Waals surface area contributed by atoms with Gasteiger partial charge < -0.3 is 9.64 Å². The van der Waals surface area contributed by atoms with E-state index < -0.39 is 6.04 Å². The Morgan fingerprint density at radius 3 is 2.67 bits per heavy atom. The molecule has 0 bridgehead atoms. The molecular formula is C17H18N4O3. The molecule has 3 heterocycles. The van der Waals surface area contributed by atoms with Crippen LogP contribution in [-0.2, 0) is 9.53 Å². The van der Waals surface area contributed by atoms with Crippen LogP contribution in [-0.4, -0.2) is 52.3 Å². The molecule has 4 rings (SSSR count). The lowest BCUT2D eigenvalue weighted by molar-refractivity contribution is -0.119. The number of hydrogen-bond acceptors (Lipinski definition) is 4. The van der Waals surface area contributed by atoms with Gasteiger partial charge in [-0.05, 0) is 24.6 Å². The number of fused-ring (bicyclic) bond motifs is 1. The molecule has 0 spiro atoms. The van der Waals surface area contributed by atoms with E-state index in [1.165, 1.54) is 4.90 Å². The lowest BCUT2D eigenvalue weighted by Gasteiger charge is -2.18. The van der Waals surface area contributed by atoms with E-state index in [0.29, 0.717) is 25.3 Å². The van der Waals surface area contributed by atoms with E-state index in [0.717, 1.165) is 11.1 Å². The summed E-state index contributed by atoms with van der Waals surface area (Å²) in [6, 6.07) is 6.69. The fraction of sp³-hybridized carbons (Fsp3) is 0.353. The Balaban J connectivity index is 1.55. The summed E-state index contributed by atoms with van der Waals surface area (Å²) in [5.74, 6) is -0.168. The fourth-order valence-corrected chi connectivity index (χ4v) is 3.42. The molecule has 1 N–H and O–H groups in total. The van der Waals surface area contributed by atoms with Crippen LogP contribution in [0, 0.1) is 0 Å². The second kappa shape index (κ2) is 5.76. The van der Waals surface area contributed by atoms with Crippen LogP contribution in [0.3, 0.4) is 0 Å². The summed E-state index contributed by atoms with van der Waals surface area (Å²) in [4.78, 5) is 28.2. The van der Waals surface area contributed by atoms with Gasteiger partial charge in [-0.25, -0.2) is 9.69 Å². The number of imide groups is 1. The van der Waals surface area contributed by atoms with Crippen LogP contribution >= 0.6 is 0 Å². The number of rotatable bonds is 4. The molecule has 24 heavy (non-hydrogen) atoms. The highest BCUT2D eigenvalue weighted by molar-refractivity contribution is 6.21. The summed E-state index contributed by atoms with van der Waals surface area (Å²) in [6.45, 7) is 2.99. The zero-order valence-corrected chi connectivity index (χ0v) is 13.3. The smallest absolute Gasteiger partial charge is 0.332 e. The highest BCUT2D eigenvalue weighted by Crippen LogP contribution is 2.33. The van der Waals surface area contributed by atoms with E-state index >= 15 is 0 Å². The van der Waals surface area contributed by atoms with Crippen molar-refractivity contribution < 1.29 is 14.3 Å². The predicted octanol–water partition coefficient (Wildman–Crippen LogP) is 2.02. The number of nitrogens with one attached hydrogen (secondary N) is 1. The van der Waals surface area contributed by atoms with E-state index in [9.17, 15) is 9.59 Å². The van der Waals surface area contributed by atoms with Crippen LogP contribution in [0.2, 0.25) is 0 Å². The molecule has 7 heteroatoms. The van der Waals surface area contributed by atoms with Gasteiger partial charge in [0.2, 0.25) is 0 Å². The van der Waals surface area contributed by atoms with Gasteiger partial charge in [-0.15, -0.1) is 0 Å². The van der Waals surface area contributed by atoms with E-state index in [-0.39, 0.29) is 18.0 Å². The Labute approximate surface area is 139 Å². The zero-order chi connectivity index (χ0) is 16.7. The minimum absolute atomic E-state index is 0.0430. The van der Waals surface area contributed by atoms with Gasteiger partial charge in [0.05, 0.1) is 18.0 Å². The first-order valence-electron chi connectivity index (χ1n) is 8.04. The van der Waals surface area contributed by atoms with Gasteiger partial charge >= 0.3 is 6.03 Å². The third-order valence-electron chi connectivity index (χ3n) is 4.56. The van der Waals surface area contributed by atoms with Gasteiger partial charge in [0.25, 0.3) is 5.91 Å². The Morgan fingerprint density at radius 2 is 2.04 bits per heavy atom. The number of carbonyl (C=O) groups is 2. The highest BCUT2D eigenvalue weighted by atomic mass is 16.5. The minimum atomic E-state index is -0.400. The van der Waals surface area contributed by atoms with E-state index in [1.54, 1.807) is 29.4 Å². The summed E-state index contributed by atoms with van der Waals surface area (Å²) in [7, 11) is 0. The molecule has 2 aromatic rings. The van der Waals surface area contributed by atoms with Crippen LogP contribution in [0.15, 0.2) is 36.7 Å². The molecule has 2 saturated heterocycles. The van der Waals surface area contributed by atoms with Gasteiger partial charge in [0.1, 0.15) is 6.04 Å². The lowest BCUT2D eigenvalue weighted by atomic mass is 10.1. The first-order chi connectivity index (χ1) is 11.7. The van der Waals surface area contributed by atoms with E-state index in [1.807, 2.05) is 19.1 Å². The second-order valence-electron chi connectivity index (χ2n) is 5.97. The molecule has 2 aliphatic rings. The maximum Gasteiger partial charge on any atom is 0.332 e. The molecule has 0 saturated carbocycles. The third-order valence-corrected chi connectivity index (χ3v) is 4.56. The first-order valence-corrected chi connectivity index (χ1v) is 8.04. The number of ether oxygens (including phenoxy) is 1. The van der Waals surface area contributed by atoms with Crippen molar-refractivity contribution in [2.45, 2.75) is 25.5 Å². The molecular weight excluding hydrogens is 308 g/mol. The van der Waals surface area contributed by atoms with Crippen molar-refractivity contribution in [3.05, 3.63) is 36.7 Å². The number of H-pyrrole nitrogens is 1. The molecule has 7 nitrogen and oxygen atoms in total. The molecule has 1 aromatic heterocycles. The lowest BCUT2D eigenvalue weighted by Crippen LogP contribution is -2.35. The standard InChI is InChI=1S/C17H18N4O3/c1-2-24-14-7-15-16(22)21(17(23)20(15)10-14)13-5-3-11(4-6-13)12-8-18-19-9-12/h3-6,8-9,14-15H,2,7,10H2,1H3,(H,18,19)/t14-,15+/m1/s1. The Morgan fingerprint density at radius 1 is 1.25 bits per heavy atom. The molecule has 0 radical (unpaired) electrons. The molecule has 124 valence electrons. The van der Waals surface area contributed by atoms with Crippen molar-refractivity contribution in [1.82, 2.24) is 15.1 Å². The Bertz CT molecular complexity index is 733. The van der Waals surface area contributed by atoms with Crippen LogP contribution in [0.5, 0.6) is 0 Å². The minimum Gasteiger partial charge on any atom is -0.377 e. The van der Waals surface area contributed by atoms with Gasteiger partial charge in [-0.1, -0.05) is 12.1 Å². The second-order valence-corrected chi connectivity index (χ2v) is 5.97. The topological polar surface area (TPSA) is 78.5 Å². The third kappa shape index (κ3) is 2.28. The van der Waals surface area contributed by atoms with Gasteiger partial charge in [0.15, 0.2) is 0 Å². The largest absolute Gasteiger partial charge is 0.377 e. The average molecular weight is 326 g/mol. The molecule has 0 aliphatic carbocycles. The molecule has 3 amide bonds.